The molecule has 12 heteroatoms. The van der Waals surface area contributed by atoms with Gasteiger partial charge in [-0.05, 0) is 32.4 Å². The maximum atomic E-state index is 15.8. The number of anilines is 1. The molecule has 174 valence electrons. The summed E-state index contributed by atoms with van der Waals surface area (Å²) >= 11 is 0. The maximum absolute atomic E-state index is 15.8. The second kappa shape index (κ2) is 7.24. The molecule has 2 aromatic rings. The lowest BCUT2D eigenvalue weighted by molar-refractivity contribution is -0.153. The predicted octanol–water partition coefficient (Wildman–Crippen LogP) is 1.03. The number of carbonyl (C=O) groups excluding carboxylic acids is 4. The molecule has 0 saturated carbocycles. The number of imide groups is 2. The molecule has 3 aliphatic rings. The van der Waals surface area contributed by atoms with Crippen molar-refractivity contribution in [3.05, 3.63) is 23.1 Å². The predicted molar refractivity (Wildman–Crippen MR) is 109 cm³/mol. The Bertz CT molecular complexity index is 1200. The lowest BCUT2D eigenvalue weighted by Crippen LogP contribution is -2.75. The van der Waals surface area contributed by atoms with E-state index in [0.29, 0.717) is 5.56 Å². The van der Waals surface area contributed by atoms with Crippen LogP contribution in [0.1, 0.15) is 36.8 Å². The summed E-state index contributed by atoms with van der Waals surface area (Å²) in [7, 11) is 0. The highest BCUT2D eigenvalue weighted by Gasteiger charge is 2.63. The Kier molecular flexibility index (Phi) is 4.67. The fourth-order valence-corrected chi connectivity index (χ4v) is 5.30. The van der Waals surface area contributed by atoms with E-state index in [-0.39, 0.29) is 48.0 Å². The van der Waals surface area contributed by atoms with E-state index in [0.717, 1.165) is 0 Å². The van der Waals surface area contributed by atoms with Gasteiger partial charge in [0.1, 0.15) is 0 Å². The molecule has 2 saturated heterocycles. The van der Waals surface area contributed by atoms with Crippen molar-refractivity contribution < 1.29 is 37.6 Å². The van der Waals surface area contributed by atoms with E-state index >= 15 is 4.39 Å². The van der Waals surface area contributed by atoms with E-state index in [4.69, 9.17) is 14.0 Å². The topological polar surface area (TPSA) is 140 Å². The number of esters is 1. The first-order valence-electron chi connectivity index (χ1n) is 10.6. The lowest BCUT2D eigenvalue weighted by Gasteiger charge is -2.55. The monoisotopic (exact) mass is 460 g/mol. The van der Waals surface area contributed by atoms with E-state index in [9.17, 15) is 19.2 Å². The first-order chi connectivity index (χ1) is 15.7. The maximum Gasteiger partial charge on any atom is 0.361 e. The Hall–Kier alpha value is -3.54. The van der Waals surface area contributed by atoms with Crippen molar-refractivity contribution in [3.8, 4) is 0 Å². The summed E-state index contributed by atoms with van der Waals surface area (Å²) < 4.78 is 31.9. The Balaban J connectivity index is 1.75. The van der Waals surface area contributed by atoms with E-state index in [1.165, 1.54) is 6.07 Å². The van der Waals surface area contributed by atoms with Crippen LogP contribution in [0.4, 0.5) is 14.9 Å². The molecule has 11 nitrogen and oxygen atoms in total. The van der Waals surface area contributed by atoms with Gasteiger partial charge >= 0.3 is 12.0 Å². The zero-order chi connectivity index (χ0) is 23.7. The molecule has 0 bridgehead atoms. The Labute approximate surface area is 186 Å². The van der Waals surface area contributed by atoms with Gasteiger partial charge < -0.3 is 18.9 Å². The van der Waals surface area contributed by atoms with Gasteiger partial charge in [-0.2, -0.15) is 0 Å². The van der Waals surface area contributed by atoms with Crippen LogP contribution in [0.25, 0.3) is 11.0 Å². The molecule has 4 amide bonds. The summed E-state index contributed by atoms with van der Waals surface area (Å²) in [6, 6.07) is -0.333. The molecule has 3 atom stereocenters. The fraction of sp³-hybridized carbons (Fsp3) is 0.476. The number of hydrogen-bond donors (Lipinski definition) is 2. The number of ether oxygens (including phenoxy) is 2. The highest BCUT2D eigenvalue weighted by molar-refractivity contribution is 6.20. The van der Waals surface area contributed by atoms with Crippen LogP contribution in [-0.4, -0.2) is 60.4 Å². The van der Waals surface area contributed by atoms with Crippen molar-refractivity contribution in [2.75, 3.05) is 18.1 Å². The van der Waals surface area contributed by atoms with E-state index in [1.54, 1.807) is 25.7 Å². The highest BCUT2D eigenvalue weighted by atomic mass is 19.1. The first-order valence-corrected chi connectivity index (χ1v) is 10.6. The van der Waals surface area contributed by atoms with Crippen LogP contribution in [0.5, 0.6) is 0 Å². The summed E-state index contributed by atoms with van der Waals surface area (Å²) in [6.45, 7) is 5.38. The molecule has 5 rings (SSSR count). The van der Waals surface area contributed by atoms with E-state index in [2.05, 4.69) is 15.8 Å². The van der Waals surface area contributed by atoms with Crippen LogP contribution in [-0.2, 0) is 25.5 Å². The number of nitrogens with one attached hydrogen (secondary N) is 2. The number of carbonyl (C=O) groups is 4. The van der Waals surface area contributed by atoms with Gasteiger partial charge in [-0.3, -0.25) is 20.2 Å². The lowest BCUT2D eigenvalue weighted by atomic mass is 9.66. The molecular weight excluding hydrogens is 439 g/mol. The van der Waals surface area contributed by atoms with Crippen LogP contribution in [0, 0.1) is 11.2 Å². The molecule has 2 fully saturated rings. The minimum Gasteiger partial charge on any atom is -0.461 e. The summed E-state index contributed by atoms with van der Waals surface area (Å²) in [6.07, 6.45) is -1.21. The molecular formula is C21H21FN4O7. The summed E-state index contributed by atoms with van der Waals surface area (Å²) in [5, 5.41) is 8.09. The SMILES string of the molecule is CCOC(=O)c1noc2c(F)c3c(cc12)CC1(C(=O)NC(=O)NC1=O)[C@@H]1[C@@H](C)O[C@@H](C)CN31. The number of benzene rings is 1. The Morgan fingerprint density at radius 2 is 2.00 bits per heavy atom. The largest absolute Gasteiger partial charge is 0.461 e. The number of amides is 4. The number of barbiturate groups is 1. The molecule has 1 aromatic heterocycles. The van der Waals surface area contributed by atoms with Crippen LogP contribution in [0.15, 0.2) is 10.6 Å². The van der Waals surface area contributed by atoms with Crippen molar-refractivity contribution in [1.29, 1.82) is 0 Å². The molecule has 0 radical (unpaired) electrons. The van der Waals surface area contributed by atoms with Crippen molar-refractivity contribution in [3.63, 3.8) is 0 Å². The van der Waals surface area contributed by atoms with Crippen LogP contribution in [0.2, 0.25) is 0 Å². The van der Waals surface area contributed by atoms with Gasteiger partial charge in [0.25, 0.3) is 0 Å². The Morgan fingerprint density at radius 3 is 2.67 bits per heavy atom. The normalized spacial score (nSPS) is 26.0. The second-order valence-electron chi connectivity index (χ2n) is 8.46. The average Bonchev–Trinajstić information content (AvgIpc) is 3.15. The number of aromatic nitrogens is 1. The number of nitrogens with zero attached hydrogens (tertiary/aromatic N) is 2. The third kappa shape index (κ3) is 2.86. The van der Waals surface area contributed by atoms with E-state index in [1.807, 2.05) is 0 Å². The second-order valence-corrected chi connectivity index (χ2v) is 8.46. The number of hydrogen-bond acceptors (Lipinski definition) is 9. The van der Waals surface area contributed by atoms with Crippen LogP contribution in [0.3, 0.4) is 0 Å². The molecule has 1 spiro atoms. The summed E-state index contributed by atoms with van der Waals surface area (Å²) in [4.78, 5) is 52.0. The minimum absolute atomic E-state index is 0.0698. The van der Waals surface area contributed by atoms with E-state index < -0.39 is 47.2 Å². The van der Waals surface area contributed by atoms with Crippen molar-refractivity contribution in [2.45, 2.75) is 45.4 Å². The van der Waals surface area contributed by atoms with Gasteiger partial charge in [-0.1, -0.05) is 5.16 Å². The number of fused-ring (bicyclic) bond motifs is 5. The minimum atomic E-state index is -1.76. The molecule has 33 heavy (non-hydrogen) atoms. The van der Waals surface area contributed by atoms with Gasteiger partial charge in [0.2, 0.25) is 17.4 Å². The van der Waals surface area contributed by atoms with Crippen molar-refractivity contribution in [2.24, 2.45) is 5.41 Å². The zero-order valence-electron chi connectivity index (χ0n) is 18.1. The van der Waals surface area contributed by atoms with Crippen LogP contribution < -0.4 is 15.5 Å². The molecule has 4 heterocycles. The fourth-order valence-electron chi connectivity index (χ4n) is 5.30. The Morgan fingerprint density at radius 1 is 1.30 bits per heavy atom. The van der Waals surface area contributed by atoms with Gasteiger partial charge in [0.15, 0.2) is 16.9 Å². The smallest absolute Gasteiger partial charge is 0.361 e. The summed E-state index contributed by atoms with van der Waals surface area (Å²) in [5.74, 6) is -3.14. The number of rotatable bonds is 2. The molecule has 3 aliphatic heterocycles. The van der Waals surface area contributed by atoms with Crippen molar-refractivity contribution in [1.82, 2.24) is 15.8 Å². The molecule has 2 N–H and O–H groups in total. The quantitative estimate of drug-likeness (QED) is 0.497. The first kappa shape index (κ1) is 21.3. The molecule has 0 aliphatic carbocycles. The molecule has 0 unspecified atom stereocenters. The molecule has 1 aromatic carbocycles. The standard InChI is InChI=1S/C21H21FN4O7/c1-4-31-17(27)13-11-5-10-6-21(18(28)23-20(30)24-19(21)29)16-9(3)32-8(2)7-26(16)14(10)12(22)15(11)33-25-13/h5,8-9,16H,4,6-7H2,1-3H3,(H2,23,24,28,29,30)/t8-,9+,16-/m0/s1. The third-order valence-electron chi connectivity index (χ3n) is 6.43. The number of halogens is 1. The third-order valence-corrected chi connectivity index (χ3v) is 6.43. The van der Waals surface area contributed by atoms with Gasteiger partial charge in [0.05, 0.1) is 35.9 Å². The number of urea groups is 1. The van der Waals surface area contributed by atoms with Gasteiger partial charge in [-0.25, -0.2) is 14.0 Å². The zero-order valence-corrected chi connectivity index (χ0v) is 18.1. The average molecular weight is 460 g/mol. The van der Waals surface area contributed by atoms with Gasteiger partial charge in [0, 0.05) is 13.0 Å². The van der Waals surface area contributed by atoms with Crippen molar-refractivity contribution >= 4 is 40.5 Å². The van der Waals surface area contributed by atoms with Gasteiger partial charge in [-0.15, -0.1) is 0 Å². The highest BCUT2D eigenvalue weighted by Crippen LogP contribution is 2.49. The number of morpholine rings is 1. The van der Waals surface area contributed by atoms with Crippen LogP contribution >= 0.6 is 0 Å². The summed E-state index contributed by atoms with van der Waals surface area (Å²) in [5.41, 5.74) is -1.76.